The van der Waals surface area contributed by atoms with Crippen molar-refractivity contribution in [3.63, 3.8) is 0 Å². The molecule has 1 heterocycles. The van der Waals surface area contributed by atoms with Gasteiger partial charge in [-0.25, -0.2) is 4.79 Å². The van der Waals surface area contributed by atoms with Crippen LogP contribution in [0.15, 0.2) is 60.7 Å². The van der Waals surface area contributed by atoms with E-state index in [0.29, 0.717) is 16.1 Å². The maximum absolute atomic E-state index is 12.5. The predicted molar refractivity (Wildman–Crippen MR) is 113 cm³/mol. The Morgan fingerprint density at radius 2 is 1.55 bits per heavy atom. The summed E-state index contributed by atoms with van der Waals surface area (Å²) in [5.74, 6) is -0.996. The molecule has 3 aromatic rings. The van der Waals surface area contributed by atoms with Gasteiger partial charge >= 0.3 is 12.0 Å². The Morgan fingerprint density at radius 1 is 0.935 bits per heavy atom. The molecule has 0 amide bonds. The van der Waals surface area contributed by atoms with Crippen LogP contribution in [0.3, 0.4) is 0 Å². The van der Waals surface area contributed by atoms with Crippen molar-refractivity contribution in [2.75, 3.05) is 21.3 Å². The highest BCUT2D eigenvalue weighted by Crippen LogP contribution is 2.39. The minimum atomic E-state index is -1.59. The maximum Gasteiger partial charge on any atom is 0.348 e. The second-order valence-corrected chi connectivity index (χ2v) is 6.82. The monoisotopic (exact) mass is 444 g/mol. The molecule has 0 bridgehead atoms. The lowest BCUT2D eigenvalue weighted by atomic mass is 9.81. The molecule has 0 aliphatic heterocycles. The van der Waals surface area contributed by atoms with E-state index in [-0.39, 0.29) is 17.8 Å². The Hall–Kier alpha value is -3.36. The second kappa shape index (κ2) is 9.63. The molecule has 0 saturated carbocycles. The van der Waals surface area contributed by atoms with E-state index in [1.165, 1.54) is 27.4 Å². The topological polar surface area (TPSA) is 100 Å². The number of halogens is 1. The van der Waals surface area contributed by atoms with E-state index in [1.807, 2.05) is 6.07 Å². The number of hydrogen-bond acceptors (Lipinski definition) is 7. The zero-order chi connectivity index (χ0) is 22.4. The van der Waals surface area contributed by atoms with Gasteiger partial charge in [0, 0.05) is 12.1 Å². The summed E-state index contributed by atoms with van der Waals surface area (Å²) < 4.78 is 22.0. The third-order valence-electron chi connectivity index (χ3n) is 4.67. The van der Waals surface area contributed by atoms with Gasteiger partial charge < -0.3 is 24.1 Å². The molecule has 2 aromatic carbocycles. The second-order valence-electron chi connectivity index (χ2n) is 6.39. The zero-order valence-electron chi connectivity index (χ0n) is 17.1. The van der Waals surface area contributed by atoms with Gasteiger partial charge in [0.25, 0.3) is 0 Å². The van der Waals surface area contributed by atoms with Crippen LogP contribution >= 0.6 is 11.6 Å². The highest BCUT2D eigenvalue weighted by molar-refractivity contribution is 6.30. The van der Waals surface area contributed by atoms with E-state index in [9.17, 15) is 9.90 Å². The van der Waals surface area contributed by atoms with E-state index >= 15 is 0 Å². The van der Waals surface area contributed by atoms with Crippen molar-refractivity contribution in [2.45, 2.75) is 11.7 Å². The quantitative estimate of drug-likeness (QED) is 0.534. The van der Waals surface area contributed by atoms with Gasteiger partial charge in [-0.05, 0) is 23.3 Å². The molecular weight excluding hydrogens is 424 g/mol. The van der Waals surface area contributed by atoms with Gasteiger partial charge in [-0.2, -0.15) is 9.97 Å². The van der Waals surface area contributed by atoms with Crippen LogP contribution in [0.5, 0.6) is 17.8 Å². The minimum Gasteiger partial charge on any atom is -0.481 e. The lowest BCUT2D eigenvalue weighted by molar-refractivity contribution is -0.160. The van der Waals surface area contributed by atoms with E-state index in [2.05, 4.69) is 9.97 Å². The third-order valence-corrected chi connectivity index (χ3v) is 4.91. The summed E-state index contributed by atoms with van der Waals surface area (Å²) in [5, 5.41) is 10.6. The van der Waals surface area contributed by atoms with Gasteiger partial charge in [-0.3, -0.25) is 0 Å². The standard InChI is InChI=1S/C22H21ClN2O6/c1-28-17-13-18(29-2)25-21(24-17)31-19(20(26)27)22(30-3,14-8-5-4-6-9-14)15-10-7-11-16(23)12-15/h4-13,19H,1-3H3,(H,26,27). The number of aromatic nitrogens is 2. The minimum absolute atomic E-state index is 0.150. The van der Waals surface area contributed by atoms with Crippen molar-refractivity contribution < 1.29 is 28.8 Å². The number of rotatable bonds is 9. The van der Waals surface area contributed by atoms with Crippen molar-refractivity contribution >= 4 is 17.6 Å². The first-order chi connectivity index (χ1) is 14.9. The fourth-order valence-corrected chi connectivity index (χ4v) is 3.47. The summed E-state index contributed by atoms with van der Waals surface area (Å²) in [7, 11) is 4.23. The van der Waals surface area contributed by atoms with E-state index < -0.39 is 17.7 Å². The highest BCUT2D eigenvalue weighted by atomic mass is 35.5. The Balaban J connectivity index is 2.21. The van der Waals surface area contributed by atoms with Crippen LogP contribution in [0.4, 0.5) is 0 Å². The third kappa shape index (κ3) is 4.55. The summed E-state index contributed by atoms with van der Waals surface area (Å²) in [6.45, 7) is 0. The van der Waals surface area contributed by atoms with Crippen LogP contribution in [-0.2, 0) is 15.1 Å². The lowest BCUT2D eigenvalue weighted by Crippen LogP contribution is -2.50. The molecule has 0 aliphatic rings. The number of benzene rings is 2. The van der Waals surface area contributed by atoms with Gasteiger partial charge in [-0.15, -0.1) is 0 Å². The first kappa shape index (κ1) is 22.3. The first-order valence-corrected chi connectivity index (χ1v) is 9.55. The molecule has 1 aromatic heterocycles. The number of hydrogen-bond donors (Lipinski definition) is 1. The van der Waals surface area contributed by atoms with E-state index in [1.54, 1.807) is 48.5 Å². The fourth-order valence-electron chi connectivity index (χ4n) is 3.28. The highest BCUT2D eigenvalue weighted by Gasteiger charge is 2.49. The fraction of sp³-hybridized carbons (Fsp3) is 0.227. The number of nitrogens with zero attached hydrogens (tertiary/aromatic N) is 2. The number of carboxylic acids is 1. The van der Waals surface area contributed by atoms with Crippen LogP contribution in [-0.4, -0.2) is 48.5 Å². The summed E-state index contributed by atoms with van der Waals surface area (Å²) in [6.07, 6.45) is -1.59. The van der Waals surface area contributed by atoms with Crippen LogP contribution in [0, 0.1) is 0 Å². The van der Waals surface area contributed by atoms with Gasteiger partial charge in [-0.1, -0.05) is 54.1 Å². The van der Waals surface area contributed by atoms with Crippen LogP contribution in [0.2, 0.25) is 5.02 Å². The van der Waals surface area contributed by atoms with Crippen molar-refractivity contribution in [1.82, 2.24) is 9.97 Å². The molecule has 3 rings (SSSR count). The van der Waals surface area contributed by atoms with Crippen molar-refractivity contribution in [2.24, 2.45) is 0 Å². The smallest absolute Gasteiger partial charge is 0.348 e. The molecule has 0 saturated heterocycles. The Bertz CT molecular complexity index is 1030. The van der Waals surface area contributed by atoms with Crippen molar-refractivity contribution in [1.29, 1.82) is 0 Å². The van der Waals surface area contributed by atoms with E-state index in [0.717, 1.165) is 0 Å². The number of aliphatic carboxylic acids is 1. The summed E-state index contributed by atoms with van der Waals surface area (Å²) >= 11 is 6.22. The van der Waals surface area contributed by atoms with Crippen molar-refractivity contribution in [3.8, 4) is 17.8 Å². The number of methoxy groups -OCH3 is 3. The van der Waals surface area contributed by atoms with Crippen LogP contribution in [0.25, 0.3) is 0 Å². The number of carbonyl (C=O) groups is 1. The molecule has 31 heavy (non-hydrogen) atoms. The SMILES string of the molecule is COc1cc(OC)nc(OC(C(=O)O)C(OC)(c2ccccc2)c2cccc(Cl)c2)n1. The lowest BCUT2D eigenvalue weighted by Gasteiger charge is -2.37. The summed E-state index contributed by atoms with van der Waals surface area (Å²) in [5.41, 5.74) is -0.546. The average molecular weight is 445 g/mol. The zero-order valence-corrected chi connectivity index (χ0v) is 17.9. The summed E-state index contributed by atoms with van der Waals surface area (Å²) in [6, 6.07) is 16.8. The molecule has 0 radical (unpaired) electrons. The number of carboxylic acid groups (broad SMARTS) is 1. The van der Waals surface area contributed by atoms with Gasteiger partial charge in [0.1, 0.15) is 0 Å². The Labute approximate surface area is 184 Å². The van der Waals surface area contributed by atoms with Crippen molar-refractivity contribution in [3.05, 3.63) is 76.8 Å². The van der Waals surface area contributed by atoms with Gasteiger partial charge in [0.2, 0.25) is 17.9 Å². The van der Waals surface area contributed by atoms with Crippen LogP contribution in [0.1, 0.15) is 11.1 Å². The molecule has 9 heteroatoms. The molecule has 0 fully saturated rings. The predicted octanol–water partition coefficient (Wildman–Crippen LogP) is 3.57. The molecular formula is C22H21ClN2O6. The molecule has 0 aliphatic carbocycles. The molecule has 2 atom stereocenters. The normalized spacial score (nSPS) is 13.7. The molecule has 1 N–H and O–H groups in total. The molecule has 8 nitrogen and oxygen atoms in total. The van der Waals surface area contributed by atoms with Crippen LogP contribution < -0.4 is 14.2 Å². The maximum atomic E-state index is 12.5. The van der Waals surface area contributed by atoms with E-state index in [4.69, 9.17) is 30.5 Å². The number of ether oxygens (including phenoxy) is 4. The molecule has 2 unspecified atom stereocenters. The molecule has 162 valence electrons. The Morgan fingerprint density at radius 3 is 2.06 bits per heavy atom. The molecule has 0 spiro atoms. The largest absolute Gasteiger partial charge is 0.481 e. The average Bonchev–Trinajstić information content (AvgIpc) is 2.79. The van der Waals surface area contributed by atoms with Gasteiger partial charge in [0.15, 0.2) is 5.60 Å². The summed E-state index contributed by atoms with van der Waals surface area (Å²) in [4.78, 5) is 20.7. The van der Waals surface area contributed by atoms with Gasteiger partial charge in [0.05, 0.1) is 20.3 Å². The Kier molecular flexibility index (Phi) is 6.94. The first-order valence-electron chi connectivity index (χ1n) is 9.17.